The molecular weight excluding hydrogens is 389 g/mol. The first-order valence-electron chi connectivity index (χ1n) is 9.36. The van der Waals surface area contributed by atoms with Crippen LogP contribution in [0.5, 0.6) is 0 Å². The van der Waals surface area contributed by atoms with Gasteiger partial charge in [-0.05, 0) is 61.0 Å². The summed E-state index contributed by atoms with van der Waals surface area (Å²) >= 11 is 0. The number of hydrogen-bond donors (Lipinski definition) is 1. The second-order valence-electron chi connectivity index (χ2n) is 6.60. The maximum absolute atomic E-state index is 12.9. The molecule has 0 unspecified atom stereocenters. The number of furan rings is 1. The summed E-state index contributed by atoms with van der Waals surface area (Å²) in [6, 6.07) is 14.6. The van der Waals surface area contributed by atoms with Crippen LogP contribution >= 0.6 is 0 Å². The second kappa shape index (κ2) is 9.84. The largest absolute Gasteiger partial charge is 0.465 e. The number of carbonyl (C=O) groups is 2. The van der Waals surface area contributed by atoms with E-state index in [0.717, 1.165) is 12.0 Å². The molecule has 3 rings (SSSR count). The fraction of sp³-hybridized carbons (Fsp3) is 0.217. The maximum atomic E-state index is 12.9. The number of benzene rings is 2. The highest BCUT2D eigenvalue weighted by Gasteiger charge is 2.16. The molecule has 0 spiro atoms. The number of hydrogen-bond acceptors (Lipinski definition) is 6. The van der Waals surface area contributed by atoms with Gasteiger partial charge in [-0.2, -0.15) is 0 Å². The van der Waals surface area contributed by atoms with Crippen LogP contribution in [0.4, 0.5) is 4.39 Å². The summed E-state index contributed by atoms with van der Waals surface area (Å²) in [7, 11) is 2.55. The van der Waals surface area contributed by atoms with Crippen molar-refractivity contribution < 1.29 is 27.9 Å². The number of rotatable bonds is 8. The highest BCUT2D eigenvalue weighted by molar-refractivity contribution is 5.97. The van der Waals surface area contributed by atoms with Gasteiger partial charge >= 0.3 is 11.9 Å². The Balaban J connectivity index is 1.67. The Bertz CT molecular complexity index is 992. The summed E-state index contributed by atoms with van der Waals surface area (Å²) in [6.45, 7) is 1.20. The Morgan fingerprint density at radius 3 is 2.17 bits per heavy atom. The van der Waals surface area contributed by atoms with Crippen molar-refractivity contribution in [1.29, 1.82) is 0 Å². The van der Waals surface area contributed by atoms with Crippen molar-refractivity contribution in [2.45, 2.75) is 13.0 Å². The Morgan fingerprint density at radius 1 is 0.933 bits per heavy atom. The topological polar surface area (TPSA) is 77.8 Å². The minimum absolute atomic E-state index is 0.228. The molecule has 0 saturated carbocycles. The van der Waals surface area contributed by atoms with Crippen LogP contribution < -0.4 is 5.32 Å². The second-order valence-corrected chi connectivity index (χ2v) is 6.60. The number of carbonyl (C=O) groups excluding carboxylic acids is 2. The Hall–Kier alpha value is -3.45. The Kier molecular flexibility index (Phi) is 6.98. The predicted octanol–water partition coefficient (Wildman–Crippen LogP) is 3.99. The number of halogens is 1. The van der Waals surface area contributed by atoms with Gasteiger partial charge in [0, 0.05) is 5.56 Å². The van der Waals surface area contributed by atoms with Crippen molar-refractivity contribution in [2.75, 3.05) is 20.8 Å². The van der Waals surface area contributed by atoms with Gasteiger partial charge < -0.3 is 19.2 Å². The van der Waals surface area contributed by atoms with Gasteiger partial charge in [0.05, 0.1) is 31.9 Å². The van der Waals surface area contributed by atoms with Crippen LogP contribution in [0.3, 0.4) is 0 Å². The van der Waals surface area contributed by atoms with Crippen LogP contribution in [0.2, 0.25) is 0 Å². The SMILES string of the molecule is COC(=O)c1cc(C(=O)OC)cc(-c2ccc(CNCCc3ccc(F)cc3)o2)c1. The summed E-state index contributed by atoms with van der Waals surface area (Å²) in [5, 5.41) is 3.27. The number of nitrogens with one attached hydrogen (secondary N) is 1. The summed E-state index contributed by atoms with van der Waals surface area (Å²) in [5.41, 5.74) is 2.06. The minimum Gasteiger partial charge on any atom is -0.465 e. The van der Waals surface area contributed by atoms with Gasteiger partial charge in [0.1, 0.15) is 17.3 Å². The van der Waals surface area contributed by atoms with Crippen molar-refractivity contribution in [1.82, 2.24) is 5.32 Å². The number of methoxy groups -OCH3 is 2. The molecular formula is C23H22FNO5. The first-order valence-corrected chi connectivity index (χ1v) is 9.36. The van der Waals surface area contributed by atoms with Crippen LogP contribution in [0, 0.1) is 5.82 Å². The zero-order valence-corrected chi connectivity index (χ0v) is 16.7. The van der Waals surface area contributed by atoms with Gasteiger partial charge in [0.25, 0.3) is 0 Å². The van der Waals surface area contributed by atoms with E-state index in [9.17, 15) is 14.0 Å². The van der Waals surface area contributed by atoms with Crippen LogP contribution in [0.1, 0.15) is 32.0 Å². The highest BCUT2D eigenvalue weighted by atomic mass is 19.1. The zero-order chi connectivity index (χ0) is 21.5. The molecule has 0 atom stereocenters. The van der Waals surface area contributed by atoms with E-state index in [2.05, 4.69) is 5.32 Å². The van der Waals surface area contributed by atoms with E-state index in [0.29, 0.717) is 30.2 Å². The predicted molar refractivity (Wildman–Crippen MR) is 109 cm³/mol. The highest BCUT2D eigenvalue weighted by Crippen LogP contribution is 2.25. The van der Waals surface area contributed by atoms with E-state index in [1.807, 2.05) is 6.07 Å². The first-order chi connectivity index (χ1) is 14.5. The molecule has 1 heterocycles. The molecule has 3 aromatic rings. The molecule has 30 heavy (non-hydrogen) atoms. The normalized spacial score (nSPS) is 10.6. The van der Waals surface area contributed by atoms with Crippen molar-refractivity contribution in [3.8, 4) is 11.3 Å². The number of ether oxygens (including phenoxy) is 2. The van der Waals surface area contributed by atoms with Gasteiger partial charge in [0.15, 0.2) is 0 Å². The third kappa shape index (κ3) is 5.33. The molecule has 0 saturated heterocycles. The molecule has 1 aromatic heterocycles. The molecule has 6 nitrogen and oxygen atoms in total. The first kappa shape index (κ1) is 21.3. The standard InChI is InChI=1S/C23H22FNO5/c1-28-22(26)17-11-16(12-18(13-17)23(27)29-2)21-8-7-20(30-21)14-25-10-9-15-3-5-19(24)6-4-15/h3-8,11-13,25H,9-10,14H2,1-2H3. The molecule has 1 N–H and O–H groups in total. The molecule has 0 aliphatic heterocycles. The molecule has 0 amide bonds. The smallest absolute Gasteiger partial charge is 0.337 e. The molecule has 7 heteroatoms. The lowest BCUT2D eigenvalue weighted by molar-refractivity contribution is 0.0599. The van der Waals surface area contributed by atoms with Gasteiger partial charge in [-0.25, -0.2) is 14.0 Å². The van der Waals surface area contributed by atoms with Crippen molar-refractivity contribution in [3.63, 3.8) is 0 Å². The summed E-state index contributed by atoms with van der Waals surface area (Å²) in [4.78, 5) is 23.9. The minimum atomic E-state index is -0.559. The van der Waals surface area contributed by atoms with E-state index in [4.69, 9.17) is 13.9 Å². The van der Waals surface area contributed by atoms with Crippen molar-refractivity contribution in [2.24, 2.45) is 0 Å². The molecule has 0 aliphatic carbocycles. The molecule has 0 bridgehead atoms. The van der Waals surface area contributed by atoms with Crippen LogP contribution in [0.15, 0.2) is 59.0 Å². The lowest BCUT2D eigenvalue weighted by Crippen LogP contribution is -2.16. The summed E-state index contributed by atoms with van der Waals surface area (Å²) in [6.07, 6.45) is 0.761. The van der Waals surface area contributed by atoms with Crippen LogP contribution in [-0.2, 0) is 22.4 Å². The third-order valence-corrected chi connectivity index (χ3v) is 4.52. The average Bonchev–Trinajstić information content (AvgIpc) is 3.25. The Morgan fingerprint density at radius 2 is 1.57 bits per heavy atom. The maximum Gasteiger partial charge on any atom is 0.337 e. The van der Waals surface area contributed by atoms with Crippen molar-refractivity contribution >= 4 is 11.9 Å². The van der Waals surface area contributed by atoms with E-state index in [1.165, 1.54) is 32.4 Å². The quantitative estimate of drug-likeness (QED) is 0.446. The fourth-order valence-electron chi connectivity index (χ4n) is 2.96. The monoisotopic (exact) mass is 411 g/mol. The third-order valence-electron chi connectivity index (χ3n) is 4.52. The van der Waals surface area contributed by atoms with E-state index in [-0.39, 0.29) is 16.9 Å². The average molecular weight is 411 g/mol. The van der Waals surface area contributed by atoms with Gasteiger partial charge in [0.2, 0.25) is 0 Å². The number of esters is 2. The lowest BCUT2D eigenvalue weighted by Gasteiger charge is -2.07. The van der Waals surface area contributed by atoms with Crippen LogP contribution in [0.25, 0.3) is 11.3 Å². The lowest BCUT2D eigenvalue weighted by atomic mass is 10.0. The van der Waals surface area contributed by atoms with E-state index < -0.39 is 11.9 Å². The fourth-order valence-corrected chi connectivity index (χ4v) is 2.96. The summed E-state index contributed by atoms with van der Waals surface area (Å²) < 4.78 is 28.3. The van der Waals surface area contributed by atoms with Crippen LogP contribution in [-0.4, -0.2) is 32.7 Å². The molecule has 156 valence electrons. The zero-order valence-electron chi connectivity index (χ0n) is 16.7. The van der Waals surface area contributed by atoms with Gasteiger partial charge in [-0.3, -0.25) is 0 Å². The Labute approximate surface area is 173 Å². The molecule has 2 aromatic carbocycles. The van der Waals surface area contributed by atoms with E-state index in [1.54, 1.807) is 30.3 Å². The van der Waals surface area contributed by atoms with E-state index >= 15 is 0 Å². The molecule has 0 aliphatic rings. The van der Waals surface area contributed by atoms with Crippen molar-refractivity contribution in [3.05, 3.63) is 82.9 Å². The van der Waals surface area contributed by atoms with Gasteiger partial charge in [-0.15, -0.1) is 0 Å². The molecule has 0 radical (unpaired) electrons. The molecule has 0 fully saturated rings. The summed E-state index contributed by atoms with van der Waals surface area (Å²) in [5.74, 6) is -0.151. The van der Waals surface area contributed by atoms with Gasteiger partial charge in [-0.1, -0.05) is 12.1 Å².